The molecule has 6 nitrogen and oxygen atoms in total. The van der Waals surface area contributed by atoms with Crippen LogP contribution in [-0.2, 0) is 6.54 Å². The van der Waals surface area contributed by atoms with Gasteiger partial charge in [-0.05, 0) is 31.2 Å². The van der Waals surface area contributed by atoms with E-state index in [9.17, 15) is 14.9 Å². The van der Waals surface area contributed by atoms with E-state index in [4.69, 9.17) is 23.2 Å². The molecule has 25 heavy (non-hydrogen) atoms. The van der Waals surface area contributed by atoms with Gasteiger partial charge < -0.3 is 4.57 Å². The zero-order valence-corrected chi connectivity index (χ0v) is 15.2. The molecule has 0 radical (unpaired) electrons. The average molecular weight is 396 g/mol. The number of carbonyl (C=O) groups is 1. The second-order valence-electron chi connectivity index (χ2n) is 5.08. The smallest absolute Gasteiger partial charge is 0.281 e. The van der Waals surface area contributed by atoms with Crippen LogP contribution >= 0.6 is 34.5 Å². The van der Waals surface area contributed by atoms with Gasteiger partial charge in [-0.3, -0.25) is 14.9 Å². The fourth-order valence-electron chi connectivity index (χ4n) is 2.37. The molecule has 9 heteroatoms. The second kappa shape index (κ2) is 6.95. The second-order valence-corrected chi connectivity index (χ2v) is 6.93. The molecule has 3 rings (SSSR count). The summed E-state index contributed by atoms with van der Waals surface area (Å²) in [6.07, 6.45) is 0. The number of aryl methyl sites for hydroxylation is 1. The summed E-state index contributed by atoms with van der Waals surface area (Å²) in [6, 6.07) is 9.15. The number of fused-ring (bicyclic) bond motifs is 1. The molecule has 2 aromatic carbocycles. The van der Waals surface area contributed by atoms with E-state index >= 15 is 0 Å². The zero-order valence-electron chi connectivity index (χ0n) is 12.9. The van der Waals surface area contributed by atoms with Crippen LogP contribution in [0.1, 0.15) is 17.3 Å². The van der Waals surface area contributed by atoms with Crippen molar-refractivity contribution in [2.24, 2.45) is 4.99 Å². The lowest BCUT2D eigenvalue weighted by molar-refractivity contribution is -0.384. The van der Waals surface area contributed by atoms with Crippen molar-refractivity contribution in [1.82, 2.24) is 4.57 Å². The first kappa shape index (κ1) is 17.6. The van der Waals surface area contributed by atoms with E-state index in [1.54, 1.807) is 12.1 Å². The number of nitro benzene ring substituents is 1. The van der Waals surface area contributed by atoms with Crippen LogP contribution in [0.15, 0.2) is 41.4 Å². The molecule has 0 aliphatic heterocycles. The average Bonchev–Trinajstić information content (AvgIpc) is 2.92. The van der Waals surface area contributed by atoms with Crippen molar-refractivity contribution in [1.29, 1.82) is 0 Å². The SMILES string of the molecule is CCn1c(=NC(=O)c2cc(Cl)ccc2Cl)sc2cc([N+](=O)[O-])ccc21. The van der Waals surface area contributed by atoms with Crippen LogP contribution in [0.2, 0.25) is 10.0 Å². The third-order valence-corrected chi connectivity index (χ3v) is 5.16. The molecule has 0 unspecified atom stereocenters. The molecule has 0 atom stereocenters. The maximum absolute atomic E-state index is 12.5. The van der Waals surface area contributed by atoms with Gasteiger partial charge in [-0.15, -0.1) is 0 Å². The van der Waals surface area contributed by atoms with Crippen molar-refractivity contribution in [3.8, 4) is 0 Å². The summed E-state index contributed by atoms with van der Waals surface area (Å²) in [7, 11) is 0. The van der Waals surface area contributed by atoms with Gasteiger partial charge in [0, 0.05) is 23.7 Å². The van der Waals surface area contributed by atoms with Crippen LogP contribution in [0.4, 0.5) is 5.69 Å². The van der Waals surface area contributed by atoms with Crippen LogP contribution in [0.5, 0.6) is 0 Å². The van der Waals surface area contributed by atoms with E-state index < -0.39 is 10.8 Å². The third-order valence-electron chi connectivity index (χ3n) is 3.55. The topological polar surface area (TPSA) is 77.5 Å². The summed E-state index contributed by atoms with van der Waals surface area (Å²) >= 11 is 13.2. The van der Waals surface area contributed by atoms with Crippen molar-refractivity contribution in [3.05, 3.63) is 66.9 Å². The normalized spacial score (nSPS) is 11.9. The fourth-order valence-corrected chi connectivity index (χ4v) is 3.87. The van der Waals surface area contributed by atoms with E-state index in [-0.39, 0.29) is 16.3 Å². The van der Waals surface area contributed by atoms with E-state index in [2.05, 4.69) is 4.99 Å². The summed E-state index contributed by atoms with van der Waals surface area (Å²) in [6.45, 7) is 2.47. The highest BCUT2D eigenvalue weighted by Gasteiger charge is 2.14. The van der Waals surface area contributed by atoms with Gasteiger partial charge in [0.1, 0.15) is 0 Å². The van der Waals surface area contributed by atoms with E-state index in [1.807, 2.05) is 11.5 Å². The Morgan fingerprint density at radius 3 is 2.72 bits per heavy atom. The molecule has 0 aliphatic carbocycles. The Kier molecular flexibility index (Phi) is 4.89. The number of hydrogen-bond acceptors (Lipinski definition) is 4. The van der Waals surface area contributed by atoms with Crippen molar-refractivity contribution < 1.29 is 9.72 Å². The maximum Gasteiger partial charge on any atom is 0.281 e. The minimum atomic E-state index is -0.518. The number of benzene rings is 2. The number of hydrogen-bond donors (Lipinski definition) is 0. The molecule has 0 saturated carbocycles. The minimum Gasteiger partial charge on any atom is -0.317 e. The summed E-state index contributed by atoms with van der Waals surface area (Å²) in [5, 5.41) is 11.6. The summed E-state index contributed by atoms with van der Waals surface area (Å²) in [5.41, 5.74) is 0.981. The van der Waals surface area contributed by atoms with Gasteiger partial charge in [0.15, 0.2) is 4.80 Å². The highest BCUT2D eigenvalue weighted by molar-refractivity contribution is 7.16. The largest absolute Gasteiger partial charge is 0.317 e. The molecule has 0 fully saturated rings. The Hall–Kier alpha value is -2.22. The quantitative estimate of drug-likeness (QED) is 0.477. The predicted molar refractivity (Wildman–Crippen MR) is 98.5 cm³/mol. The van der Waals surface area contributed by atoms with Gasteiger partial charge in [-0.2, -0.15) is 4.99 Å². The Balaban J connectivity index is 2.16. The number of nitrogens with zero attached hydrogens (tertiary/aromatic N) is 3. The van der Waals surface area contributed by atoms with Gasteiger partial charge >= 0.3 is 0 Å². The highest BCUT2D eigenvalue weighted by atomic mass is 35.5. The fraction of sp³-hybridized carbons (Fsp3) is 0.125. The van der Waals surface area contributed by atoms with E-state index in [0.29, 0.717) is 21.1 Å². The number of nitro groups is 1. The van der Waals surface area contributed by atoms with Crippen LogP contribution in [0.25, 0.3) is 10.2 Å². The summed E-state index contributed by atoms with van der Waals surface area (Å²) < 4.78 is 2.50. The molecule has 1 aromatic heterocycles. The summed E-state index contributed by atoms with van der Waals surface area (Å²) in [5.74, 6) is -0.518. The number of rotatable bonds is 3. The number of carbonyl (C=O) groups excluding carboxylic acids is 1. The standard InChI is InChI=1S/C16H11Cl2N3O3S/c1-2-20-13-6-4-10(21(23)24)8-14(13)25-16(20)19-15(22)11-7-9(17)3-5-12(11)18/h3-8H,2H2,1H3. The molecule has 0 bridgehead atoms. The van der Waals surface area contributed by atoms with Gasteiger partial charge in [0.25, 0.3) is 11.6 Å². The highest BCUT2D eigenvalue weighted by Crippen LogP contribution is 2.24. The van der Waals surface area contributed by atoms with Crippen molar-refractivity contribution >= 4 is 56.3 Å². The van der Waals surface area contributed by atoms with Gasteiger partial charge in [0.2, 0.25) is 0 Å². The number of non-ortho nitro benzene ring substituents is 1. The van der Waals surface area contributed by atoms with Crippen LogP contribution in [0.3, 0.4) is 0 Å². The van der Waals surface area contributed by atoms with E-state index in [1.165, 1.54) is 35.6 Å². The third kappa shape index (κ3) is 3.44. The Bertz CT molecular complexity index is 1070. The first-order valence-electron chi connectivity index (χ1n) is 7.22. The lowest BCUT2D eigenvalue weighted by Crippen LogP contribution is -2.16. The van der Waals surface area contributed by atoms with Crippen molar-refractivity contribution in [2.45, 2.75) is 13.5 Å². The van der Waals surface area contributed by atoms with Crippen LogP contribution in [-0.4, -0.2) is 15.4 Å². The molecule has 128 valence electrons. The molecule has 0 saturated heterocycles. The minimum absolute atomic E-state index is 0.00670. The van der Waals surface area contributed by atoms with Crippen LogP contribution in [0, 0.1) is 10.1 Å². The molecule has 0 spiro atoms. The maximum atomic E-state index is 12.5. The Labute approximate surface area is 156 Å². The van der Waals surface area contributed by atoms with Gasteiger partial charge in [-0.25, -0.2) is 0 Å². The first-order chi connectivity index (χ1) is 11.9. The number of aromatic nitrogens is 1. The predicted octanol–water partition coefficient (Wildman–Crippen LogP) is 4.68. The lowest BCUT2D eigenvalue weighted by atomic mass is 10.2. The Morgan fingerprint density at radius 2 is 2.04 bits per heavy atom. The van der Waals surface area contributed by atoms with Crippen molar-refractivity contribution in [2.75, 3.05) is 0 Å². The lowest BCUT2D eigenvalue weighted by Gasteiger charge is -2.01. The van der Waals surface area contributed by atoms with Gasteiger partial charge in [0.05, 0.1) is 25.7 Å². The molecular formula is C16H11Cl2N3O3S. The Morgan fingerprint density at radius 1 is 1.28 bits per heavy atom. The molecule has 1 heterocycles. The van der Waals surface area contributed by atoms with Crippen molar-refractivity contribution in [3.63, 3.8) is 0 Å². The first-order valence-corrected chi connectivity index (χ1v) is 8.80. The number of thiazole rings is 1. The molecule has 3 aromatic rings. The molecule has 1 amide bonds. The molecule has 0 N–H and O–H groups in total. The van der Waals surface area contributed by atoms with E-state index in [0.717, 1.165) is 5.52 Å². The van der Waals surface area contributed by atoms with Gasteiger partial charge in [-0.1, -0.05) is 34.5 Å². The van der Waals surface area contributed by atoms with Crippen LogP contribution < -0.4 is 4.80 Å². The number of halogens is 2. The summed E-state index contributed by atoms with van der Waals surface area (Å²) in [4.78, 5) is 27.6. The monoisotopic (exact) mass is 395 g/mol. The zero-order chi connectivity index (χ0) is 18.1. The molecule has 0 aliphatic rings. The number of amides is 1. The molecular weight excluding hydrogens is 385 g/mol.